The van der Waals surface area contributed by atoms with E-state index < -0.39 is 6.04 Å². The van der Waals surface area contributed by atoms with Gasteiger partial charge in [0.25, 0.3) is 0 Å². The molecule has 2 amide bonds. The summed E-state index contributed by atoms with van der Waals surface area (Å²) in [5.74, 6) is 0.235. The predicted molar refractivity (Wildman–Crippen MR) is 73.5 cm³/mol. The van der Waals surface area contributed by atoms with E-state index in [2.05, 4.69) is 15.9 Å². The van der Waals surface area contributed by atoms with Gasteiger partial charge in [-0.3, -0.25) is 14.5 Å². The second-order valence-corrected chi connectivity index (χ2v) is 5.29. The van der Waals surface area contributed by atoms with Gasteiger partial charge in [-0.05, 0) is 40.0 Å². The van der Waals surface area contributed by atoms with E-state index in [9.17, 15) is 9.59 Å². The Morgan fingerprint density at radius 2 is 2.21 bits per heavy atom. The maximum Gasteiger partial charge on any atom is 0.246 e. The van der Waals surface area contributed by atoms with Gasteiger partial charge >= 0.3 is 0 Å². The summed E-state index contributed by atoms with van der Waals surface area (Å²) in [6.07, 6.45) is 0.755. The fourth-order valence-corrected chi connectivity index (χ4v) is 2.61. The lowest BCUT2D eigenvalue weighted by Gasteiger charge is -2.28. The fraction of sp³-hybridized carbons (Fsp3) is 0.385. The number of carbonyl (C=O) groups excluding carboxylic acids is 2. The molecule has 1 fully saturated rings. The van der Waals surface area contributed by atoms with Gasteiger partial charge in [-0.15, -0.1) is 0 Å². The van der Waals surface area contributed by atoms with E-state index in [1.54, 1.807) is 13.2 Å². The molecule has 0 aromatic heterocycles. The summed E-state index contributed by atoms with van der Waals surface area (Å²) in [7, 11) is 1.58. The number of rotatable bonds is 3. The molecule has 5 nitrogen and oxygen atoms in total. The normalized spacial score (nSPS) is 19.7. The van der Waals surface area contributed by atoms with Gasteiger partial charge in [-0.2, -0.15) is 0 Å². The van der Waals surface area contributed by atoms with Crippen molar-refractivity contribution in [3.8, 4) is 5.75 Å². The first-order valence-corrected chi connectivity index (χ1v) is 6.74. The summed E-state index contributed by atoms with van der Waals surface area (Å²) in [5, 5.41) is 0. The molecule has 0 bridgehead atoms. The lowest BCUT2D eigenvalue weighted by atomic mass is 10.0. The molecule has 1 saturated heterocycles. The third-order valence-corrected chi connectivity index (χ3v) is 3.73. The molecule has 0 saturated carbocycles. The quantitative estimate of drug-likeness (QED) is 0.853. The molecule has 102 valence electrons. The van der Waals surface area contributed by atoms with Gasteiger partial charge < -0.3 is 10.5 Å². The van der Waals surface area contributed by atoms with Crippen molar-refractivity contribution in [3.05, 3.63) is 28.2 Å². The summed E-state index contributed by atoms with van der Waals surface area (Å²) in [6.45, 7) is 0.244. The Morgan fingerprint density at radius 3 is 2.84 bits per heavy atom. The largest absolute Gasteiger partial charge is 0.496 e. The van der Waals surface area contributed by atoms with Crippen molar-refractivity contribution in [2.24, 2.45) is 5.73 Å². The summed E-state index contributed by atoms with van der Waals surface area (Å²) < 4.78 is 5.92. The van der Waals surface area contributed by atoms with E-state index in [4.69, 9.17) is 10.5 Å². The Morgan fingerprint density at radius 1 is 1.47 bits per heavy atom. The van der Waals surface area contributed by atoms with Crippen molar-refractivity contribution >= 4 is 27.7 Å². The van der Waals surface area contributed by atoms with Crippen LogP contribution in [0.2, 0.25) is 0 Å². The highest BCUT2D eigenvalue weighted by molar-refractivity contribution is 9.10. The molecule has 1 unspecified atom stereocenters. The standard InChI is InChI=1S/C13H15BrN2O3/c1-19-11-4-2-8(6-9(11)14)7-16-12(17)5-3-10(15)13(16)18/h2,4,6,10H,3,5,7,15H2,1H3. The van der Waals surface area contributed by atoms with Crippen molar-refractivity contribution in [2.75, 3.05) is 7.11 Å². The van der Waals surface area contributed by atoms with Crippen LogP contribution in [0.4, 0.5) is 0 Å². The van der Waals surface area contributed by atoms with Crippen LogP contribution in [0.1, 0.15) is 18.4 Å². The van der Waals surface area contributed by atoms with Gasteiger partial charge in [0.05, 0.1) is 24.2 Å². The average molecular weight is 327 g/mol. The number of piperidine rings is 1. The zero-order valence-electron chi connectivity index (χ0n) is 10.6. The second kappa shape index (κ2) is 5.71. The van der Waals surface area contributed by atoms with Gasteiger partial charge in [0, 0.05) is 6.42 Å². The van der Waals surface area contributed by atoms with E-state index in [1.807, 2.05) is 12.1 Å². The number of benzene rings is 1. The number of ether oxygens (including phenoxy) is 1. The summed E-state index contributed by atoms with van der Waals surface area (Å²) in [6, 6.07) is 4.88. The lowest BCUT2D eigenvalue weighted by Crippen LogP contribution is -2.50. The maximum atomic E-state index is 11.9. The summed E-state index contributed by atoms with van der Waals surface area (Å²) in [5.41, 5.74) is 6.54. The number of nitrogens with zero attached hydrogens (tertiary/aromatic N) is 1. The molecular formula is C13H15BrN2O3. The number of imide groups is 1. The number of nitrogens with two attached hydrogens (primary N) is 1. The molecule has 1 aliphatic rings. The van der Waals surface area contributed by atoms with Crippen molar-refractivity contribution < 1.29 is 14.3 Å². The molecule has 19 heavy (non-hydrogen) atoms. The minimum absolute atomic E-state index is 0.168. The van der Waals surface area contributed by atoms with Gasteiger partial charge in [0.1, 0.15) is 5.75 Å². The van der Waals surface area contributed by atoms with E-state index in [1.165, 1.54) is 4.90 Å². The van der Waals surface area contributed by atoms with Crippen molar-refractivity contribution in [2.45, 2.75) is 25.4 Å². The van der Waals surface area contributed by atoms with Crippen LogP contribution >= 0.6 is 15.9 Å². The van der Waals surface area contributed by atoms with Gasteiger partial charge in [-0.25, -0.2) is 0 Å². The first-order chi connectivity index (χ1) is 9.02. The molecule has 6 heteroatoms. The Bertz CT molecular complexity index is 519. The van der Waals surface area contributed by atoms with Crippen LogP contribution in [0.25, 0.3) is 0 Å². The van der Waals surface area contributed by atoms with Crippen molar-refractivity contribution in [1.82, 2.24) is 4.90 Å². The fourth-order valence-electron chi connectivity index (χ4n) is 2.02. The third kappa shape index (κ3) is 2.96. The highest BCUT2D eigenvalue weighted by atomic mass is 79.9. The zero-order chi connectivity index (χ0) is 14.0. The number of likely N-dealkylation sites (tertiary alicyclic amines) is 1. The van der Waals surface area contributed by atoms with Gasteiger partial charge in [-0.1, -0.05) is 6.07 Å². The molecule has 1 atom stereocenters. The number of halogens is 1. The van der Waals surface area contributed by atoms with Crippen LogP contribution in [-0.4, -0.2) is 29.9 Å². The first-order valence-electron chi connectivity index (χ1n) is 5.95. The maximum absolute atomic E-state index is 11.9. The van der Waals surface area contributed by atoms with Crippen LogP contribution in [0.15, 0.2) is 22.7 Å². The summed E-state index contributed by atoms with van der Waals surface area (Å²) in [4.78, 5) is 24.9. The SMILES string of the molecule is COc1ccc(CN2C(=O)CCC(N)C2=O)cc1Br. The number of carbonyl (C=O) groups is 2. The molecule has 2 rings (SSSR count). The van der Waals surface area contributed by atoms with Crippen LogP contribution in [0.3, 0.4) is 0 Å². The Labute approximate surface area is 119 Å². The van der Waals surface area contributed by atoms with E-state index in [0.29, 0.717) is 18.6 Å². The van der Waals surface area contributed by atoms with Crippen molar-refractivity contribution in [1.29, 1.82) is 0 Å². The van der Waals surface area contributed by atoms with Crippen LogP contribution in [0.5, 0.6) is 5.75 Å². The number of hydrogen-bond acceptors (Lipinski definition) is 4. The zero-order valence-corrected chi connectivity index (χ0v) is 12.1. The van der Waals surface area contributed by atoms with Gasteiger partial charge in [0.2, 0.25) is 11.8 Å². The molecular weight excluding hydrogens is 312 g/mol. The minimum atomic E-state index is -0.570. The number of hydrogen-bond donors (Lipinski definition) is 1. The lowest BCUT2D eigenvalue weighted by molar-refractivity contribution is -0.149. The van der Waals surface area contributed by atoms with Crippen LogP contribution in [-0.2, 0) is 16.1 Å². The molecule has 2 N–H and O–H groups in total. The molecule has 1 heterocycles. The van der Waals surface area contributed by atoms with Crippen LogP contribution < -0.4 is 10.5 Å². The van der Waals surface area contributed by atoms with E-state index >= 15 is 0 Å². The highest BCUT2D eigenvalue weighted by Crippen LogP contribution is 2.26. The Hall–Kier alpha value is -1.40. The van der Waals surface area contributed by atoms with E-state index in [0.717, 1.165) is 10.0 Å². The molecule has 1 aromatic carbocycles. The first kappa shape index (κ1) is 14.0. The molecule has 0 radical (unpaired) electrons. The molecule has 1 aliphatic heterocycles. The Kier molecular flexibility index (Phi) is 4.21. The highest BCUT2D eigenvalue weighted by Gasteiger charge is 2.31. The third-order valence-electron chi connectivity index (χ3n) is 3.11. The van der Waals surface area contributed by atoms with Crippen LogP contribution in [0, 0.1) is 0 Å². The predicted octanol–water partition coefficient (Wildman–Crippen LogP) is 1.43. The monoisotopic (exact) mass is 326 g/mol. The van der Waals surface area contributed by atoms with E-state index in [-0.39, 0.29) is 18.4 Å². The molecule has 0 spiro atoms. The van der Waals surface area contributed by atoms with Crippen molar-refractivity contribution in [3.63, 3.8) is 0 Å². The van der Waals surface area contributed by atoms with Gasteiger partial charge in [0.15, 0.2) is 0 Å². The molecule has 1 aromatic rings. The number of amides is 2. The number of methoxy groups -OCH3 is 1. The average Bonchev–Trinajstić information content (AvgIpc) is 2.39. The smallest absolute Gasteiger partial charge is 0.246 e. The Balaban J connectivity index is 2.17. The summed E-state index contributed by atoms with van der Waals surface area (Å²) >= 11 is 3.38. The second-order valence-electron chi connectivity index (χ2n) is 4.43. The topological polar surface area (TPSA) is 72.6 Å². The molecule has 0 aliphatic carbocycles. The minimum Gasteiger partial charge on any atom is -0.496 e.